The molecule has 0 aromatic rings. The summed E-state index contributed by atoms with van der Waals surface area (Å²) in [4.78, 5) is 27.4. The van der Waals surface area contributed by atoms with Crippen LogP contribution >= 0.6 is 0 Å². The second-order valence-electron chi connectivity index (χ2n) is 5.52. The predicted molar refractivity (Wildman–Crippen MR) is 67.8 cm³/mol. The Kier molecular flexibility index (Phi) is 3.87. The van der Waals surface area contributed by atoms with Crippen LogP contribution in [-0.4, -0.2) is 67.4 Å². The van der Waals surface area contributed by atoms with Gasteiger partial charge in [0.05, 0.1) is 12.0 Å². The van der Waals surface area contributed by atoms with Gasteiger partial charge in [0.25, 0.3) is 0 Å². The molecule has 2 amide bonds. The molecule has 0 aliphatic carbocycles. The van der Waals surface area contributed by atoms with E-state index in [1.807, 2.05) is 6.92 Å². The number of hydrogen-bond donors (Lipinski definition) is 2. The van der Waals surface area contributed by atoms with Crippen molar-refractivity contribution in [3.63, 3.8) is 0 Å². The number of rotatable bonds is 3. The molecule has 2 aliphatic heterocycles. The summed E-state index contributed by atoms with van der Waals surface area (Å²) >= 11 is 0. The van der Waals surface area contributed by atoms with Crippen LogP contribution in [0, 0.1) is 5.41 Å². The number of primary amides is 1. The third-order valence-corrected chi connectivity index (χ3v) is 3.99. The first-order valence-electron chi connectivity index (χ1n) is 6.52. The summed E-state index contributed by atoms with van der Waals surface area (Å²) in [5.41, 5.74) is 4.84. The highest BCUT2D eigenvalue weighted by molar-refractivity contribution is 5.84. The van der Waals surface area contributed by atoms with Crippen molar-refractivity contribution in [1.29, 1.82) is 0 Å². The van der Waals surface area contributed by atoms with E-state index in [1.165, 1.54) is 0 Å². The number of likely N-dealkylation sites (tertiary alicyclic amines) is 1. The zero-order chi connectivity index (χ0) is 13.2. The highest BCUT2D eigenvalue weighted by Gasteiger charge is 2.40. The number of hydrogen-bond acceptors (Lipinski definition) is 4. The third-order valence-electron chi connectivity index (χ3n) is 3.99. The molecule has 0 saturated carbocycles. The van der Waals surface area contributed by atoms with Crippen LogP contribution in [0.5, 0.6) is 0 Å². The van der Waals surface area contributed by atoms with Gasteiger partial charge in [-0.1, -0.05) is 0 Å². The van der Waals surface area contributed by atoms with Crippen molar-refractivity contribution >= 4 is 11.8 Å². The van der Waals surface area contributed by atoms with Gasteiger partial charge in [0.2, 0.25) is 11.8 Å². The maximum atomic E-state index is 12.1. The molecule has 0 radical (unpaired) electrons. The molecule has 0 aromatic heterocycles. The molecule has 1 atom stereocenters. The van der Waals surface area contributed by atoms with Crippen LogP contribution in [0.15, 0.2) is 0 Å². The number of amides is 2. The van der Waals surface area contributed by atoms with Gasteiger partial charge < -0.3 is 16.0 Å². The quantitative estimate of drug-likeness (QED) is 0.650. The Morgan fingerprint density at radius 3 is 2.50 bits per heavy atom. The van der Waals surface area contributed by atoms with Gasteiger partial charge in [0.1, 0.15) is 0 Å². The number of nitrogens with one attached hydrogen (secondary N) is 1. The average molecular weight is 254 g/mol. The van der Waals surface area contributed by atoms with E-state index in [-0.39, 0.29) is 11.8 Å². The molecule has 6 nitrogen and oxygen atoms in total. The molecule has 0 spiro atoms. The van der Waals surface area contributed by atoms with Crippen LogP contribution in [0.2, 0.25) is 0 Å². The fourth-order valence-electron chi connectivity index (χ4n) is 2.54. The molecule has 1 unspecified atom stereocenters. The molecule has 2 saturated heterocycles. The summed E-state index contributed by atoms with van der Waals surface area (Å²) in [6.07, 6.45) is 0.676. The lowest BCUT2D eigenvalue weighted by Crippen LogP contribution is -2.48. The fraction of sp³-hybridized carbons (Fsp3) is 0.833. The van der Waals surface area contributed by atoms with Crippen LogP contribution in [0.25, 0.3) is 0 Å². The van der Waals surface area contributed by atoms with Crippen molar-refractivity contribution < 1.29 is 9.59 Å². The molecular formula is C12H22N4O2. The van der Waals surface area contributed by atoms with E-state index in [1.54, 1.807) is 4.90 Å². The summed E-state index contributed by atoms with van der Waals surface area (Å²) in [5, 5.41) is 3.26. The SMILES string of the molecule is CC1(C(N)=O)CCN(C(=O)CN2CCNCC2)C1. The van der Waals surface area contributed by atoms with E-state index in [4.69, 9.17) is 5.73 Å². The second-order valence-corrected chi connectivity index (χ2v) is 5.52. The number of carbonyl (C=O) groups is 2. The highest BCUT2D eigenvalue weighted by atomic mass is 16.2. The average Bonchev–Trinajstić information content (AvgIpc) is 2.75. The fourth-order valence-corrected chi connectivity index (χ4v) is 2.54. The lowest BCUT2D eigenvalue weighted by molar-refractivity contribution is -0.132. The van der Waals surface area contributed by atoms with Crippen molar-refractivity contribution in [2.45, 2.75) is 13.3 Å². The van der Waals surface area contributed by atoms with Crippen LogP contribution < -0.4 is 11.1 Å². The van der Waals surface area contributed by atoms with Gasteiger partial charge >= 0.3 is 0 Å². The lowest BCUT2D eigenvalue weighted by Gasteiger charge is -2.29. The van der Waals surface area contributed by atoms with Crippen LogP contribution in [0.1, 0.15) is 13.3 Å². The van der Waals surface area contributed by atoms with Gasteiger partial charge in [-0.15, -0.1) is 0 Å². The Morgan fingerprint density at radius 2 is 1.94 bits per heavy atom. The molecule has 6 heteroatoms. The standard InChI is InChI=1S/C12H22N4O2/c1-12(11(13)18)2-5-16(9-12)10(17)8-15-6-3-14-4-7-15/h14H,2-9H2,1H3,(H2,13,18). The minimum atomic E-state index is -0.543. The van der Waals surface area contributed by atoms with Gasteiger partial charge in [0, 0.05) is 39.3 Å². The van der Waals surface area contributed by atoms with Crippen molar-refractivity contribution in [2.75, 3.05) is 45.8 Å². The first-order valence-corrected chi connectivity index (χ1v) is 6.52. The van der Waals surface area contributed by atoms with Gasteiger partial charge in [-0.25, -0.2) is 0 Å². The van der Waals surface area contributed by atoms with Crippen LogP contribution in [0.4, 0.5) is 0 Å². The molecule has 0 aromatic carbocycles. The van der Waals surface area contributed by atoms with Gasteiger partial charge in [-0.05, 0) is 13.3 Å². The number of nitrogens with two attached hydrogens (primary N) is 1. The Labute approximate surface area is 107 Å². The third kappa shape index (κ3) is 2.81. The minimum absolute atomic E-state index is 0.113. The van der Waals surface area contributed by atoms with Crippen molar-refractivity contribution in [3.8, 4) is 0 Å². The number of carbonyl (C=O) groups excluding carboxylic acids is 2. The van der Waals surface area contributed by atoms with Gasteiger partial charge in [-0.3, -0.25) is 14.5 Å². The Hall–Kier alpha value is -1.14. The van der Waals surface area contributed by atoms with E-state index in [0.29, 0.717) is 26.1 Å². The first-order chi connectivity index (χ1) is 8.51. The molecular weight excluding hydrogens is 232 g/mol. The van der Waals surface area contributed by atoms with Crippen molar-refractivity contribution in [2.24, 2.45) is 11.1 Å². The normalized spacial score (nSPS) is 29.5. The monoisotopic (exact) mass is 254 g/mol. The molecule has 2 aliphatic rings. The summed E-state index contributed by atoms with van der Waals surface area (Å²) < 4.78 is 0. The second kappa shape index (κ2) is 5.24. The largest absolute Gasteiger partial charge is 0.369 e. The zero-order valence-electron chi connectivity index (χ0n) is 10.9. The summed E-state index contributed by atoms with van der Waals surface area (Å²) in [6.45, 7) is 7.10. The minimum Gasteiger partial charge on any atom is -0.369 e. The first kappa shape index (κ1) is 13.3. The summed E-state index contributed by atoms with van der Waals surface area (Å²) in [7, 11) is 0. The number of piperazine rings is 1. The molecule has 2 rings (SSSR count). The molecule has 2 heterocycles. The Balaban J connectivity index is 1.85. The van der Waals surface area contributed by atoms with E-state index < -0.39 is 5.41 Å². The van der Waals surface area contributed by atoms with Crippen LogP contribution in [-0.2, 0) is 9.59 Å². The Bertz CT molecular complexity index is 341. The maximum absolute atomic E-state index is 12.1. The predicted octanol–water partition coefficient (Wildman–Crippen LogP) is -1.38. The molecule has 3 N–H and O–H groups in total. The topological polar surface area (TPSA) is 78.7 Å². The van der Waals surface area contributed by atoms with Crippen molar-refractivity contribution in [1.82, 2.24) is 15.1 Å². The van der Waals surface area contributed by atoms with E-state index in [0.717, 1.165) is 26.2 Å². The molecule has 0 bridgehead atoms. The summed E-state index contributed by atoms with van der Waals surface area (Å²) in [5.74, 6) is -0.193. The van der Waals surface area contributed by atoms with Gasteiger partial charge in [-0.2, -0.15) is 0 Å². The molecule has 102 valence electrons. The lowest BCUT2D eigenvalue weighted by atomic mass is 9.89. The van der Waals surface area contributed by atoms with E-state index in [2.05, 4.69) is 10.2 Å². The van der Waals surface area contributed by atoms with E-state index in [9.17, 15) is 9.59 Å². The number of nitrogens with zero attached hydrogens (tertiary/aromatic N) is 2. The zero-order valence-corrected chi connectivity index (χ0v) is 10.9. The van der Waals surface area contributed by atoms with Crippen LogP contribution in [0.3, 0.4) is 0 Å². The highest BCUT2D eigenvalue weighted by Crippen LogP contribution is 2.29. The summed E-state index contributed by atoms with van der Waals surface area (Å²) in [6, 6.07) is 0. The van der Waals surface area contributed by atoms with E-state index >= 15 is 0 Å². The maximum Gasteiger partial charge on any atom is 0.236 e. The molecule has 2 fully saturated rings. The smallest absolute Gasteiger partial charge is 0.236 e. The van der Waals surface area contributed by atoms with Gasteiger partial charge in [0.15, 0.2) is 0 Å². The molecule has 18 heavy (non-hydrogen) atoms. The van der Waals surface area contributed by atoms with Crippen molar-refractivity contribution in [3.05, 3.63) is 0 Å². The Morgan fingerprint density at radius 1 is 1.28 bits per heavy atom.